The fourth-order valence-electron chi connectivity index (χ4n) is 2.61. The van der Waals surface area contributed by atoms with Crippen molar-refractivity contribution in [3.63, 3.8) is 0 Å². The zero-order valence-corrected chi connectivity index (χ0v) is 14.2. The number of anilines is 1. The van der Waals surface area contributed by atoms with E-state index in [1.54, 1.807) is 4.68 Å². The van der Waals surface area contributed by atoms with Crippen molar-refractivity contribution in [2.24, 2.45) is 7.05 Å². The molecule has 23 heavy (non-hydrogen) atoms. The van der Waals surface area contributed by atoms with Crippen molar-refractivity contribution in [2.75, 3.05) is 5.32 Å². The summed E-state index contributed by atoms with van der Waals surface area (Å²) in [6.45, 7) is 8.33. The largest absolute Gasteiger partial charge is 0.374 e. The van der Waals surface area contributed by atoms with Crippen molar-refractivity contribution in [3.8, 4) is 5.69 Å². The first kappa shape index (κ1) is 15.3. The van der Waals surface area contributed by atoms with Gasteiger partial charge in [0.15, 0.2) is 0 Å². The highest BCUT2D eigenvalue weighted by Gasteiger charge is 2.14. The topological polar surface area (TPSA) is 60.6 Å². The fraction of sp³-hybridized carbons (Fsp3) is 0.353. The highest BCUT2D eigenvalue weighted by molar-refractivity contribution is 5.52. The lowest BCUT2D eigenvalue weighted by Gasteiger charge is -2.13. The van der Waals surface area contributed by atoms with Gasteiger partial charge < -0.3 is 5.32 Å². The molecule has 2 aromatic heterocycles. The van der Waals surface area contributed by atoms with Gasteiger partial charge in [-0.05, 0) is 44.9 Å². The minimum absolute atomic E-state index is 0.0682. The Bertz CT molecular complexity index is 829. The average molecular weight is 310 g/mol. The van der Waals surface area contributed by atoms with Crippen LogP contribution in [0.1, 0.15) is 35.5 Å². The molecule has 0 spiro atoms. The molecule has 0 saturated heterocycles. The number of hydrogen-bond donors (Lipinski definition) is 1. The molecule has 120 valence electrons. The van der Waals surface area contributed by atoms with Crippen molar-refractivity contribution in [1.29, 1.82) is 0 Å². The molecule has 3 aromatic rings. The van der Waals surface area contributed by atoms with Crippen LogP contribution in [0.25, 0.3) is 5.69 Å². The van der Waals surface area contributed by atoms with E-state index in [0.29, 0.717) is 0 Å². The van der Waals surface area contributed by atoms with Crippen LogP contribution >= 0.6 is 0 Å². The normalized spacial score (nSPS) is 12.4. The van der Waals surface area contributed by atoms with Crippen LogP contribution in [0.15, 0.2) is 30.6 Å². The van der Waals surface area contributed by atoms with Gasteiger partial charge in [-0.25, -0.2) is 4.68 Å². The SMILES string of the molecule is Cc1ccc(C)c(-n2ncc(NC(C)c3cn(C)nn3)c2C)c1. The van der Waals surface area contributed by atoms with Gasteiger partial charge in [0.05, 0.1) is 35.5 Å². The molecule has 0 amide bonds. The first-order chi connectivity index (χ1) is 11.0. The summed E-state index contributed by atoms with van der Waals surface area (Å²) in [7, 11) is 1.87. The Labute approximate surface area is 136 Å². The van der Waals surface area contributed by atoms with Gasteiger partial charge in [-0.15, -0.1) is 5.10 Å². The Kier molecular flexibility index (Phi) is 3.90. The van der Waals surface area contributed by atoms with E-state index in [1.165, 1.54) is 11.1 Å². The van der Waals surface area contributed by atoms with Gasteiger partial charge in [0, 0.05) is 7.05 Å². The molecular formula is C17H22N6. The Balaban J connectivity index is 1.89. The molecule has 0 bridgehead atoms. The molecule has 0 radical (unpaired) electrons. The molecule has 0 aliphatic rings. The van der Waals surface area contributed by atoms with Gasteiger partial charge in [0.1, 0.15) is 5.69 Å². The molecule has 6 heteroatoms. The lowest BCUT2D eigenvalue weighted by molar-refractivity contribution is 0.711. The molecule has 3 rings (SSSR count). The molecule has 1 unspecified atom stereocenters. The second kappa shape index (κ2) is 5.87. The number of aromatic nitrogens is 5. The predicted octanol–water partition coefficient (Wildman–Crippen LogP) is 3.10. The number of nitrogens with one attached hydrogen (secondary N) is 1. The molecule has 0 saturated carbocycles. The number of rotatable bonds is 4. The van der Waals surface area contributed by atoms with E-state index in [4.69, 9.17) is 0 Å². The third-order valence-corrected chi connectivity index (χ3v) is 4.04. The van der Waals surface area contributed by atoms with E-state index in [9.17, 15) is 0 Å². The minimum atomic E-state index is 0.0682. The van der Waals surface area contributed by atoms with E-state index in [2.05, 4.69) is 66.6 Å². The average Bonchev–Trinajstić information content (AvgIpc) is 3.09. The van der Waals surface area contributed by atoms with E-state index < -0.39 is 0 Å². The van der Waals surface area contributed by atoms with Crippen molar-refractivity contribution in [3.05, 3.63) is 53.1 Å². The summed E-state index contributed by atoms with van der Waals surface area (Å²) >= 11 is 0. The summed E-state index contributed by atoms with van der Waals surface area (Å²) in [6.07, 6.45) is 3.78. The van der Waals surface area contributed by atoms with Crippen molar-refractivity contribution < 1.29 is 0 Å². The molecular weight excluding hydrogens is 288 g/mol. The Hall–Kier alpha value is -2.63. The predicted molar refractivity (Wildman–Crippen MR) is 90.8 cm³/mol. The van der Waals surface area contributed by atoms with Crippen LogP contribution in [0.3, 0.4) is 0 Å². The Morgan fingerprint density at radius 1 is 1.17 bits per heavy atom. The van der Waals surface area contributed by atoms with Gasteiger partial charge in [-0.3, -0.25) is 4.68 Å². The molecule has 0 fully saturated rings. The lowest BCUT2D eigenvalue weighted by atomic mass is 10.1. The highest BCUT2D eigenvalue weighted by Crippen LogP contribution is 2.24. The second-order valence-electron chi connectivity index (χ2n) is 6.03. The zero-order valence-electron chi connectivity index (χ0n) is 14.2. The lowest BCUT2D eigenvalue weighted by Crippen LogP contribution is -2.08. The molecule has 0 aliphatic carbocycles. The summed E-state index contributed by atoms with van der Waals surface area (Å²) in [5.74, 6) is 0. The third-order valence-electron chi connectivity index (χ3n) is 4.04. The monoisotopic (exact) mass is 310 g/mol. The summed E-state index contributed by atoms with van der Waals surface area (Å²) in [6, 6.07) is 6.47. The molecule has 2 heterocycles. The molecule has 0 aliphatic heterocycles. The summed E-state index contributed by atoms with van der Waals surface area (Å²) in [5, 5.41) is 16.2. The molecule has 1 atom stereocenters. The number of nitrogens with zero attached hydrogens (tertiary/aromatic N) is 5. The maximum atomic E-state index is 4.55. The summed E-state index contributed by atoms with van der Waals surface area (Å²) in [5.41, 5.74) is 6.53. The standard InChI is InChI=1S/C17H22N6/c1-11-6-7-12(2)17(8-11)23-14(4)15(9-18-23)19-13(3)16-10-22(5)21-20-16/h6-10,13,19H,1-5H3. The van der Waals surface area contributed by atoms with Crippen molar-refractivity contribution in [2.45, 2.75) is 33.7 Å². The first-order valence-electron chi connectivity index (χ1n) is 7.70. The molecule has 1 N–H and O–H groups in total. The Morgan fingerprint density at radius 3 is 2.65 bits per heavy atom. The van der Waals surface area contributed by atoms with Crippen LogP contribution in [-0.4, -0.2) is 24.8 Å². The van der Waals surface area contributed by atoms with E-state index in [-0.39, 0.29) is 6.04 Å². The van der Waals surface area contributed by atoms with Gasteiger partial charge >= 0.3 is 0 Å². The van der Waals surface area contributed by atoms with Gasteiger partial charge in [-0.2, -0.15) is 5.10 Å². The zero-order chi connectivity index (χ0) is 16.6. The number of hydrogen-bond acceptors (Lipinski definition) is 4. The number of benzene rings is 1. The molecule has 6 nitrogen and oxygen atoms in total. The van der Waals surface area contributed by atoms with Gasteiger partial charge in [-0.1, -0.05) is 17.3 Å². The smallest absolute Gasteiger partial charge is 0.105 e. The second-order valence-corrected chi connectivity index (χ2v) is 6.03. The fourth-order valence-corrected chi connectivity index (χ4v) is 2.61. The summed E-state index contributed by atoms with van der Waals surface area (Å²) in [4.78, 5) is 0. The van der Waals surface area contributed by atoms with Crippen LogP contribution < -0.4 is 5.32 Å². The Morgan fingerprint density at radius 2 is 1.96 bits per heavy atom. The highest BCUT2D eigenvalue weighted by atomic mass is 15.4. The third kappa shape index (κ3) is 2.97. The van der Waals surface area contributed by atoms with Gasteiger partial charge in [0.25, 0.3) is 0 Å². The molecule has 1 aromatic carbocycles. The van der Waals surface area contributed by atoms with Crippen LogP contribution in [0, 0.1) is 20.8 Å². The minimum Gasteiger partial charge on any atom is -0.374 e. The van der Waals surface area contributed by atoms with Gasteiger partial charge in [0.2, 0.25) is 0 Å². The van der Waals surface area contributed by atoms with Crippen molar-refractivity contribution >= 4 is 5.69 Å². The van der Waals surface area contributed by atoms with E-state index >= 15 is 0 Å². The first-order valence-corrected chi connectivity index (χ1v) is 7.70. The van der Waals surface area contributed by atoms with Crippen LogP contribution in [-0.2, 0) is 7.05 Å². The quantitative estimate of drug-likeness (QED) is 0.804. The van der Waals surface area contributed by atoms with E-state index in [1.807, 2.05) is 24.1 Å². The van der Waals surface area contributed by atoms with Crippen LogP contribution in [0.2, 0.25) is 0 Å². The van der Waals surface area contributed by atoms with Crippen LogP contribution in [0.4, 0.5) is 5.69 Å². The maximum Gasteiger partial charge on any atom is 0.105 e. The van der Waals surface area contributed by atoms with Crippen LogP contribution in [0.5, 0.6) is 0 Å². The summed E-state index contributed by atoms with van der Waals surface area (Å²) < 4.78 is 3.69. The maximum absolute atomic E-state index is 4.55. The van der Waals surface area contributed by atoms with E-state index in [0.717, 1.165) is 22.8 Å². The number of aryl methyl sites for hydroxylation is 3. The van der Waals surface area contributed by atoms with Crippen molar-refractivity contribution in [1.82, 2.24) is 24.8 Å².